The lowest BCUT2D eigenvalue weighted by Gasteiger charge is -2.26. The Morgan fingerprint density at radius 1 is 1.06 bits per heavy atom. The highest BCUT2D eigenvalue weighted by atomic mass is 32.2. The zero-order valence-corrected chi connectivity index (χ0v) is 20.6. The molecule has 0 bridgehead atoms. The molecule has 0 aliphatic heterocycles. The number of carbonyl (C=O) groups is 4. The van der Waals surface area contributed by atoms with E-state index in [9.17, 15) is 24.3 Å². The van der Waals surface area contributed by atoms with Crippen LogP contribution >= 0.6 is 11.8 Å². The van der Waals surface area contributed by atoms with Crippen LogP contribution in [0.1, 0.15) is 33.1 Å². The normalized spacial score (nSPS) is 13.5. The van der Waals surface area contributed by atoms with Gasteiger partial charge in [0.15, 0.2) is 0 Å². The third kappa shape index (κ3) is 9.73. The Kier molecular flexibility index (Phi) is 12.3. The molecule has 10 heteroatoms. The summed E-state index contributed by atoms with van der Waals surface area (Å²) in [4.78, 5) is 49.8. The topological polar surface area (TPSA) is 131 Å². The Labute approximate surface area is 199 Å². The van der Waals surface area contributed by atoms with E-state index in [2.05, 4.69) is 15.4 Å². The second-order valence-electron chi connectivity index (χ2n) is 7.98. The number of esters is 1. The molecule has 0 heterocycles. The van der Waals surface area contributed by atoms with E-state index in [1.165, 1.54) is 25.9 Å². The molecule has 3 atom stereocenters. The summed E-state index contributed by atoms with van der Waals surface area (Å²) in [6, 6.07) is 6.34. The number of benzene rings is 1. The number of hydrogen-bond acceptors (Lipinski definition) is 7. The van der Waals surface area contributed by atoms with Crippen molar-refractivity contribution in [3.63, 3.8) is 0 Å². The Balaban J connectivity index is 3.01. The summed E-state index contributed by atoms with van der Waals surface area (Å²) in [5, 5.41) is 14.9. The molecule has 33 heavy (non-hydrogen) atoms. The van der Waals surface area contributed by atoms with Gasteiger partial charge in [-0.25, -0.2) is 0 Å². The van der Waals surface area contributed by atoms with Gasteiger partial charge in [0.25, 0.3) is 0 Å². The van der Waals surface area contributed by atoms with Crippen molar-refractivity contribution in [1.29, 1.82) is 0 Å². The number of ether oxygens (including phenoxy) is 2. The fraction of sp³-hybridized carbons (Fsp3) is 0.565. The number of aliphatic carboxylic acids is 1. The van der Waals surface area contributed by atoms with Gasteiger partial charge in [-0.05, 0) is 48.9 Å². The number of hydrogen-bond donors (Lipinski definition) is 3. The van der Waals surface area contributed by atoms with Gasteiger partial charge >= 0.3 is 11.9 Å². The fourth-order valence-electron chi connectivity index (χ4n) is 3.38. The second kappa shape index (κ2) is 14.4. The Morgan fingerprint density at radius 3 is 2.18 bits per heavy atom. The molecule has 1 rings (SSSR count). The zero-order chi connectivity index (χ0) is 25.0. The molecule has 0 aromatic heterocycles. The maximum absolute atomic E-state index is 13.0. The van der Waals surface area contributed by atoms with Crippen molar-refractivity contribution in [1.82, 2.24) is 10.6 Å². The van der Waals surface area contributed by atoms with E-state index in [0.717, 1.165) is 4.90 Å². The quantitative estimate of drug-likeness (QED) is 0.209. The summed E-state index contributed by atoms with van der Waals surface area (Å²) in [5.74, 6) is -3.57. The summed E-state index contributed by atoms with van der Waals surface area (Å²) in [7, 11) is 4.21. The van der Waals surface area contributed by atoms with Crippen molar-refractivity contribution in [2.24, 2.45) is 17.8 Å². The number of nitrogens with one attached hydrogen (secondary N) is 2. The van der Waals surface area contributed by atoms with E-state index in [1.807, 2.05) is 38.1 Å². The van der Waals surface area contributed by atoms with Gasteiger partial charge in [0.1, 0.15) is 17.7 Å². The van der Waals surface area contributed by atoms with Crippen LogP contribution in [0.25, 0.3) is 0 Å². The standard InChI is InChI=1S/C23H34N2O7S/c1-14(2)12-15(13-33-17-8-6-16(31-4)7-9-17)20(23(29)30)22(28)25-18(21(27)24-3)10-11-19(26)32-5/h6-9,14-15,18,20H,10-13H2,1-5H3,(H,24,27)(H,25,28)(H,29,30)/t15-,18-,20-/m0/s1. The van der Waals surface area contributed by atoms with Gasteiger partial charge < -0.3 is 25.2 Å². The Bertz CT molecular complexity index is 799. The van der Waals surface area contributed by atoms with Crippen molar-refractivity contribution in [3.05, 3.63) is 24.3 Å². The second-order valence-corrected chi connectivity index (χ2v) is 9.08. The van der Waals surface area contributed by atoms with Crippen molar-refractivity contribution >= 4 is 35.5 Å². The molecule has 0 saturated carbocycles. The number of carbonyl (C=O) groups excluding carboxylic acids is 3. The van der Waals surface area contributed by atoms with Gasteiger partial charge in [-0.3, -0.25) is 19.2 Å². The van der Waals surface area contributed by atoms with Gasteiger partial charge in [-0.1, -0.05) is 13.8 Å². The predicted octanol–water partition coefficient (Wildman–Crippen LogP) is 2.33. The average Bonchev–Trinajstić information content (AvgIpc) is 2.79. The van der Waals surface area contributed by atoms with E-state index in [4.69, 9.17) is 4.74 Å². The minimum atomic E-state index is -1.34. The number of carboxylic acids is 1. The first kappa shape index (κ1) is 28.3. The smallest absolute Gasteiger partial charge is 0.316 e. The molecule has 0 aliphatic rings. The summed E-state index contributed by atoms with van der Waals surface area (Å²) in [5.41, 5.74) is 0. The third-order valence-corrected chi connectivity index (χ3v) is 6.26. The number of thioether (sulfide) groups is 1. The van der Waals surface area contributed by atoms with E-state index < -0.39 is 41.6 Å². The summed E-state index contributed by atoms with van der Waals surface area (Å²) in [6.07, 6.45) is 0.426. The Morgan fingerprint density at radius 2 is 1.70 bits per heavy atom. The van der Waals surface area contributed by atoms with E-state index in [1.54, 1.807) is 7.11 Å². The molecule has 1 aromatic carbocycles. The lowest BCUT2D eigenvalue weighted by molar-refractivity contribution is -0.150. The van der Waals surface area contributed by atoms with E-state index in [0.29, 0.717) is 17.9 Å². The molecule has 0 fully saturated rings. The molecule has 9 nitrogen and oxygen atoms in total. The third-order valence-electron chi connectivity index (χ3n) is 5.06. The molecule has 0 spiro atoms. The highest BCUT2D eigenvalue weighted by Gasteiger charge is 2.37. The molecule has 0 radical (unpaired) electrons. The first-order chi connectivity index (χ1) is 15.6. The van der Waals surface area contributed by atoms with Crippen LogP contribution in [-0.2, 0) is 23.9 Å². The SMILES string of the molecule is CNC(=O)[C@H](CCC(=O)OC)NC(=O)[C@@H](C(=O)O)[C@H](CSc1ccc(OC)cc1)CC(C)C. The number of likely N-dealkylation sites (N-methyl/N-ethyl adjacent to an activating group) is 1. The van der Waals surface area contributed by atoms with Crippen LogP contribution in [-0.4, -0.2) is 61.9 Å². The average molecular weight is 483 g/mol. The van der Waals surface area contributed by atoms with Crippen molar-refractivity contribution in [2.75, 3.05) is 27.0 Å². The highest BCUT2D eigenvalue weighted by Crippen LogP contribution is 2.30. The largest absolute Gasteiger partial charge is 0.497 e. The van der Waals surface area contributed by atoms with E-state index in [-0.39, 0.29) is 18.8 Å². The van der Waals surface area contributed by atoms with Gasteiger partial charge in [0.2, 0.25) is 11.8 Å². The predicted molar refractivity (Wildman–Crippen MR) is 125 cm³/mol. The molecule has 1 aromatic rings. The first-order valence-corrected chi connectivity index (χ1v) is 11.7. The lowest BCUT2D eigenvalue weighted by atomic mass is 9.86. The molecule has 184 valence electrons. The molecule has 0 saturated heterocycles. The highest BCUT2D eigenvalue weighted by molar-refractivity contribution is 7.99. The van der Waals surface area contributed by atoms with Crippen LogP contribution in [0.3, 0.4) is 0 Å². The van der Waals surface area contributed by atoms with Crippen LogP contribution in [0.4, 0.5) is 0 Å². The molecule has 0 unspecified atom stereocenters. The van der Waals surface area contributed by atoms with Crippen molar-refractivity contribution in [2.45, 2.75) is 44.0 Å². The molecule has 3 N–H and O–H groups in total. The van der Waals surface area contributed by atoms with E-state index >= 15 is 0 Å². The lowest BCUT2D eigenvalue weighted by Crippen LogP contribution is -2.50. The minimum Gasteiger partial charge on any atom is -0.497 e. The van der Waals surface area contributed by atoms with Gasteiger partial charge in [0, 0.05) is 24.1 Å². The van der Waals surface area contributed by atoms with Crippen molar-refractivity contribution in [3.8, 4) is 5.75 Å². The maximum Gasteiger partial charge on any atom is 0.316 e. The summed E-state index contributed by atoms with van der Waals surface area (Å²) < 4.78 is 9.74. The first-order valence-electron chi connectivity index (χ1n) is 10.7. The number of rotatable bonds is 14. The molecular weight excluding hydrogens is 448 g/mol. The fourth-order valence-corrected chi connectivity index (χ4v) is 4.44. The zero-order valence-electron chi connectivity index (χ0n) is 19.8. The van der Waals surface area contributed by atoms with Gasteiger partial charge in [-0.2, -0.15) is 0 Å². The maximum atomic E-state index is 13.0. The van der Waals surface area contributed by atoms with Gasteiger partial charge in [0.05, 0.1) is 14.2 Å². The minimum absolute atomic E-state index is 0.000128. The summed E-state index contributed by atoms with van der Waals surface area (Å²) in [6.45, 7) is 3.93. The Hall–Kier alpha value is -2.75. The summed E-state index contributed by atoms with van der Waals surface area (Å²) >= 11 is 1.46. The van der Waals surface area contributed by atoms with Crippen LogP contribution in [0, 0.1) is 17.8 Å². The number of methoxy groups -OCH3 is 2. The molecule has 2 amide bonds. The van der Waals surface area contributed by atoms with Gasteiger partial charge in [-0.15, -0.1) is 11.8 Å². The van der Waals surface area contributed by atoms with Crippen LogP contribution in [0.2, 0.25) is 0 Å². The van der Waals surface area contributed by atoms with Crippen LogP contribution in [0.15, 0.2) is 29.2 Å². The van der Waals surface area contributed by atoms with Crippen molar-refractivity contribution < 1.29 is 33.8 Å². The number of carboxylic acid groups (broad SMARTS) is 1. The monoisotopic (exact) mass is 482 g/mol. The van der Waals surface area contributed by atoms with Crippen LogP contribution in [0.5, 0.6) is 5.75 Å². The molecule has 0 aliphatic carbocycles. The number of amides is 2. The van der Waals surface area contributed by atoms with Crippen LogP contribution < -0.4 is 15.4 Å². The molecular formula is C23H34N2O7S.